The first kappa shape index (κ1) is 22.2. The Morgan fingerprint density at radius 1 is 1.39 bits per heavy atom. The van der Waals surface area contributed by atoms with Gasteiger partial charge < -0.3 is 15.2 Å². The van der Waals surface area contributed by atoms with E-state index in [2.05, 4.69) is 34.6 Å². The molecule has 1 heterocycles. The molecule has 0 aliphatic rings. The van der Waals surface area contributed by atoms with E-state index < -0.39 is 9.84 Å². The van der Waals surface area contributed by atoms with E-state index in [0.29, 0.717) is 37.1 Å². The van der Waals surface area contributed by atoms with Gasteiger partial charge in [0, 0.05) is 25.4 Å². The van der Waals surface area contributed by atoms with Crippen molar-refractivity contribution in [3.63, 3.8) is 0 Å². The number of hydrogen-bond acceptors (Lipinski definition) is 5. The third kappa shape index (κ3) is 9.80. The van der Waals surface area contributed by atoms with E-state index in [-0.39, 0.29) is 29.7 Å². The van der Waals surface area contributed by atoms with Crippen LogP contribution < -0.4 is 10.6 Å². The summed E-state index contributed by atoms with van der Waals surface area (Å²) in [7, 11) is -2.92. The van der Waals surface area contributed by atoms with Crippen LogP contribution in [-0.4, -0.2) is 44.6 Å². The highest BCUT2D eigenvalue weighted by Gasteiger charge is 2.07. The van der Waals surface area contributed by atoms with Crippen molar-refractivity contribution in [3.8, 4) is 0 Å². The quantitative estimate of drug-likeness (QED) is 0.268. The summed E-state index contributed by atoms with van der Waals surface area (Å²) in [5.41, 5.74) is 0.913. The lowest BCUT2D eigenvalue weighted by Crippen LogP contribution is -2.38. The molecule has 9 heteroatoms. The zero-order valence-electron chi connectivity index (χ0n) is 14.1. The Hall–Kier alpha value is -0.840. The molecular formula is C14H27IN4O3S. The molecule has 0 aromatic carbocycles. The van der Waals surface area contributed by atoms with Crippen LogP contribution in [0.3, 0.4) is 0 Å². The van der Waals surface area contributed by atoms with Crippen molar-refractivity contribution in [3.05, 3.63) is 17.5 Å². The van der Waals surface area contributed by atoms with Gasteiger partial charge >= 0.3 is 0 Å². The van der Waals surface area contributed by atoms with E-state index in [1.54, 1.807) is 0 Å². The number of rotatable bonds is 8. The summed E-state index contributed by atoms with van der Waals surface area (Å²) in [5, 5.41) is 10.2. The fraction of sp³-hybridized carbons (Fsp3) is 0.714. The van der Waals surface area contributed by atoms with Gasteiger partial charge in [-0.3, -0.25) is 0 Å². The van der Waals surface area contributed by atoms with Crippen molar-refractivity contribution < 1.29 is 12.9 Å². The molecule has 0 spiro atoms. The molecule has 2 N–H and O–H groups in total. The summed E-state index contributed by atoms with van der Waals surface area (Å²) < 4.78 is 27.4. The van der Waals surface area contributed by atoms with Gasteiger partial charge in [-0.1, -0.05) is 19.0 Å². The van der Waals surface area contributed by atoms with Gasteiger partial charge in [-0.15, -0.1) is 24.0 Å². The monoisotopic (exact) mass is 458 g/mol. The second-order valence-corrected chi connectivity index (χ2v) is 7.74. The number of aliphatic imine (C=N–C) groups is 1. The Bertz CT molecular complexity index is 585. The fourth-order valence-corrected chi connectivity index (χ4v) is 2.38. The number of halogens is 1. The van der Waals surface area contributed by atoms with Crippen LogP contribution in [0.4, 0.5) is 0 Å². The Morgan fingerprint density at radius 2 is 2.09 bits per heavy atom. The van der Waals surface area contributed by atoms with E-state index in [4.69, 9.17) is 4.52 Å². The first-order valence-corrected chi connectivity index (χ1v) is 9.53. The third-order valence-electron chi connectivity index (χ3n) is 2.89. The molecule has 0 aliphatic carbocycles. The number of nitrogens with zero attached hydrogens (tertiary/aromatic N) is 2. The molecule has 1 rings (SSSR count). The normalized spacial score (nSPS) is 12.1. The molecule has 0 unspecified atom stereocenters. The molecule has 0 bridgehead atoms. The van der Waals surface area contributed by atoms with Gasteiger partial charge in [-0.05, 0) is 19.3 Å². The van der Waals surface area contributed by atoms with Crippen molar-refractivity contribution in [2.75, 3.05) is 25.1 Å². The van der Waals surface area contributed by atoms with E-state index in [1.165, 1.54) is 6.26 Å². The number of aromatic nitrogens is 1. The van der Waals surface area contributed by atoms with Gasteiger partial charge in [0.05, 0.1) is 11.4 Å². The predicted molar refractivity (Wildman–Crippen MR) is 103 cm³/mol. The SMILES string of the molecule is CCNC(=NCc1cc(C(C)C)no1)NCCCS(C)(=O)=O.I. The summed E-state index contributed by atoms with van der Waals surface area (Å²) in [4.78, 5) is 4.40. The van der Waals surface area contributed by atoms with Crippen molar-refractivity contribution >= 4 is 39.8 Å². The van der Waals surface area contributed by atoms with Crippen LogP contribution in [0, 0.1) is 0 Å². The first-order valence-electron chi connectivity index (χ1n) is 7.47. The Kier molecular flexibility index (Phi) is 10.4. The molecule has 134 valence electrons. The van der Waals surface area contributed by atoms with Crippen molar-refractivity contribution in [1.29, 1.82) is 0 Å². The highest BCUT2D eigenvalue weighted by atomic mass is 127. The minimum absolute atomic E-state index is 0. The molecule has 1 aromatic rings. The van der Waals surface area contributed by atoms with Gasteiger partial charge in [0.1, 0.15) is 16.4 Å². The molecule has 0 amide bonds. The summed E-state index contributed by atoms with van der Waals surface area (Å²) in [6.45, 7) is 7.74. The number of nitrogens with one attached hydrogen (secondary N) is 2. The van der Waals surface area contributed by atoms with Crippen LogP contribution in [0.2, 0.25) is 0 Å². The predicted octanol–water partition coefficient (Wildman–Crippen LogP) is 1.91. The maximum Gasteiger partial charge on any atom is 0.191 e. The van der Waals surface area contributed by atoms with Crippen molar-refractivity contribution in [1.82, 2.24) is 15.8 Å². The molecule has 0 saturated carbocycles. The topological polar surface area (TPSA) is 96.6 Å². The lowest BCUT2D eigenvalue weighted by Gasteiger charge is -2.10. The van der Waals surface area contributed by atoms with Gasteiger partial charge in [0.25, 0.3) is 0 Å². The smallest absolute Gasteiger partial charge is 0.191 e. The van der Waals surface area contributed by atoms with Gasteiger partial charge in [0.15, 0.2) is 11.7 Å². The molecule has 23 heavy (non-hydrogen) atoms. The number of guanidine groups is 1. The van der Waals surface area contributed by atoms with Crippen LogP contribution in [0.1, 0.15) is 44.6 Å². The van der Waals surface area contributed by atoms with Crippen LogP contribution in [0.25, 0.3) is 0 Å². The van der Waals surface area contributed by atoms with Crippen molar-refractivity contribution in [2.45, 2.75) is 39.7 Å². The Balaban J connectivity index is 0.00000484. The first-order chi connectivity index (χ1) is 10.3. The lowest BCUT2D eigenvalue weighted by atomic mass is 10.1. The fourth-order valence-electron chi connectivity index (χ4n) is 1.72. The molecule has 0 aliphatic heterocycles. The number of hydrogen-bond donors (Lipinski definition) is 2. The molecule has 7 nitrogen and oxygen atoms in total. The van der Waals surface area contributed by atoms with Crippen molar-refractivity contribution in [2.24, 2.45) is 4.99 Å². The summed E-state index contributed by atoms with van der Waals surface area (Å²) in [6.07, 6.45) is 1.78. The Morgan fingerprint density at radius 3 is 2.61 bits per heavy atom. The van der Waals surface area contributed by atoms with Gasteiger partial charge in [-0.25, -0.2) is 13.4 Å². The molecule has 0 fully saturated rings. The lowest BCUT2D eigenvalue weighted by molar-refractivity contribution is 0.376. The molecular weight excluding hydrogens is 431 g/mol. The van der Waals surface area contributed by atoms with Crippen LogP contribution in [-0.2, 0) is 16.4 Å². The highest BCUT2D eigenvalue weighted by Crippen LogP contribution is 2.14. The van der Waals surface area contributed by atoms with E-state index in [0.717, 1.165) is 12.2 Å². The second-order valence-electron chi connectivity index (χ2n) is 5.48. The molecule has 1 aromatic heterocycles. The minimum Gasteiger partial charge on any atom is -0.359 e. The zero-order chi connectivity index (χ0) is 16.6. The third-order valence-corrected chi connectivity index (χ3v) is 3.92. The van der Waals surface area contributed by atoms with Crippen LogP contribution in [0.15, 0.2) is 15.6 Å². The Labute approximate surface area is 155 Å². The number of sulfone groups is 1. The largest absolute Gasteiger partial charge is 0.359 e. The van der Waals surface area contributed by atoms with Gasteiger partial charge in [-0.2, -0.15) is 0 Å². The standard InChI is InChI=1S/C14H26N4O3S.HI/c1-5-15-14(16-7-6-8-22(4,19)20)17-10-12-9-13(11(2)3)18-21-12;/h9,11H,5-8,10H2,1-4H3,(H2,15,16,17);1H. The molecule has 0 atom stereocenters. The average Bonchev–Trinajstić information content (AvgIpc) is 2.88. The average molecular weight is 458 g/mol. The maximum absolute atomic E-state index is 11.1. The van der Waals surface area contributed by atoms with Gasteiger partial charge in [0.2, 0.25) is 0 Å². The molecule has 0 radical (unpaired) electrons. The summed E-state index contributed by atoms with van der Waals surface area (Å²) in [5.74, 6) is 1.83. The second kappa shape index (κ2) is 10.8. The highest BCUT2D eigenvalue weighted by molar-refractivity contribution is 14.0. The minimum atomic E-state index is -2.92. The summed E-state index contributed by atoms with van der Waals surface area (Å²) in [6, 6.07) is 1.90. The zero-order valence-corrected chi connectivity index (χ0v) is 17.3. The van der Waals surface area contributed by atoms with E-state index in [9.17, 15) is 8.42 Å². The van der Waals surface area contributed by atoms with Crippen LogP contribution >= 0.6 is 24.0 Å². The van der Waals surface area contributed by atoms with E-state index in [1.807, 2.05) is 13.0 Å². The van der Waals surface area contributed by atoms with Crippen LogP contribution in [0.5, 0.6) is 0 Å². The summed E-state index contributed by atoms with van der Waals surface area (Å²) >= 11 is 0. The maximum atomic E-state index is 11.1. The van der Waals surface area contributed by atoms with E-state index >= 15 is 0 Å². The molecule has 0 saturated heterocycles.